The normalized spacial score (nSPS) is 11.6. The number of amides is 4. The van der Waals surface area contributed by atoms with Gasteiger partial charge in [0, 0.05) is 32.9 Å². The first-order valence-electron chi connectivity index (χ1n) is 17.4. The van der Waals surface area contributed by atoms with Crippen LogP contribution in [0, 0.1) is 0 Å². The summed E-state index contributed by atoms with van der Waals surface area (Å²) in [6.45, 7) is 0. The van der Waals surface area contributed by atoms with Crippen molar-refractivity contribution < 1.29 is 280 Å². The Morgan fingerprint density at radius 1 is 0.365 bits per heavy atom. The molecule has 0 fully saturated rings. The molecule has 0 aliphatic heterocycles. The van der Waals surface area contributed by atoms with Gasteiger partial charge < -0.3 is 58.8 Å². The largest absolute Gasteiger partial charge is 1.00 e. The number of nitrogens with one attached hydrogen (secondary N) is 4. The molecule has 6 aromatic carbocycles. The quantitative estimate of drug-likeness (QED) is 0.0489. The van der Waals surface area contributed by atoms with Gasteiger partial charge in [-0.3, -0.25) is 9.59 Å². The molecule has 0 aromatic heterocycles. The van der Waals surface area contributed by atoms with E-state index in [0.29, 0.717) is 72.8 Å². The van der Waals surface area contributed by atoms with Crippen LogP contribution in [0.2, 0.25) is 0 Å². The summed E-state index contributed by atoms with van der Waals surface area (Å²) in [5, 5.41) is 26.1. The molecule has 0 atom stereocenters. The molecular weight excluding hydrogens is 1170 g/mol. The van der Waals surface area contributed by atoms with Gasteiger partial charge in [0.05, 0.1) is 51.9 Å². The minimum absolute atomic E-state index is 0. The van der Waals surface area contributed by atoms with Crippen LogP contribution in [0.1, 0.15) is 20.7 Å². The molecule has 6 N–H and O–H groups in total. The molecule has 0 aliphatic carbocycles. The number of carbonyl (C=O) groups is 3. The molecular formula is C35H20N4Na6O23S6. The predicted molar refractivity (Wildman–Crippen MR) is 220 cm³/mol. The first-order chi connectivity index (χ1) is 31.0. The number of phenolic OH excluding ortho intramolecular Hbond substituents is 2. The number of benzene rings is 6. The Balaban J connectivity index is 0.00000888. The standard InChI is InChI=1S/C35H26N4O23S6.6Na/c40-25-13-17(63(45,46)47)11-21-27(65(51,52)53)7-5-23(31(21)25)38-33(42)19-3-1-15(9-29(19)67(57,58)59)36-35(44)37-16-2-4-20(30(10-16)68(60,61)62)34(43)39-24-6-8-28(66(54,55)56)22-12-18(64(48,49)50)14-26(41)32(22)24;;;;;;/h1-14,40-41H,(H,38,42)(H,39,43)(H2,36,37,44)(H,45,46,47)(H,48,49,50)(H,51,52,53)(H,54,55,56)(H,57,58,59)(H,60,61,62);;;;;;/q;6*+1/p-6. The van der Waals surface area contributed by atoms with Crippen molar-refractivity contribution in [3.63, 3.8) is 0 Å². The Morgan fingerprint density at radius 3 is 0.932 bits per heavy atom. The molecule has 0 radical (unpaired) electrons. The topological polar surface area (TPSA) is 483 Å². The molecule has 360 valence electrons. The van der Waals surface area contributed by atoms with Gasteiger partial charge in [-0.1, -0.05) is 0 Å². The van der Waals surface area contributed by atoms with Crippen LogP contribution < -0.4 is 199 Å². The molecule has 74 heavy (non-hydrogen) atoms. The van der Waals surface area contributed by atoms with Gasteiger partial charge in [-0.15, -0.1) is 0 Å². The van der Waals surface area contributed by atoms with Crippen LogP contribution >= 0.6 is 0 Å². The van der Waals surface area contributed by atoms with Crippen molar-refractivity contribution in [2.45, 2.75) is 29.4 Å². The van der Waals surface area contributed by atoms with Crippen LogP contribution in [-0.2, 0) is 60.7 Å². The fourth-order valence-corrected chi connectivity index (χ4v) is 10.2. The summed E-state index contributed by atoms with van der Waals surface area (Å²) < 4.78 is 215. The van der Waals surface area contributed by atoms with Crippen molar-refractivity contribution in [3.8, 4) is 11.5 Å². The molecule has 0 saturated heterocycles. The van der Waals surface area contributed by atoms with Gasteiger partial charge in [0.15, 0.2) is 0 Å². The maximum absolute atomic E-state index is 13.4. The van der Waals surface area contributed by atoms with Crippen molar-refractivity contribution in [3.05, 3.63) is 96.1 Å². The minimum atomic E-state index is -5.66. The number of hydrogen-bond donors (Lipinski definition) is 6. The Morgan fingerprint density at radius 2 is 0.662 bits per heavy atom. The summed E-state index contributed by atoms with van der Waals surface area (Å²) in [6.07, 6.45) is 0. The zero-order valence-electron chi connectivity index (χ0n) is 38.5. The molecule has 0 saturated carbocycles. The number of carbonyl (C=O) groups excluding carboxylic acids is 3. The number of aromatic hydroxyl groups is 2. The summed E-state index contributed by atoms with van der Waals surface area (Å²) >= 11 is 0. The van der Waals surface area contributed by atoms with E-state index in [1.165, 1.54) is 0 Å². The smallest absolute Gasteiger partial charge is 0.744 e. The van der Waals surface area contributed by atoms with E-state index in [1.54, 1.807) is 0 Å². The van der Waals surface area contributed by atoms with Gasteiger partial charge in [-0.05, 0) is 84.9 Å². The number of anilines is 4. The van der Waals surface area contributed by atoms with Crippen LogP contribution in [0.4, 0.5) is 27.5 Å². The Bertz CT molecular complexity index is 3710. The molecule has 6 aromatic rings. The summed E-state index contributed by atoms with van der Waals surface area (Å²) in [6, 6.07) is 6.56. The minimum Gasteiger partial charge on any atom is -0.744 e. The van der Waals surface area contributed by atoms with E-state index < -0.39 is 175 Å². The average Bonchev–Trinajstić information content (AvgIpc) is 3.18. The summed E-state index contributed by atoms with van der Waals surface area (Å²) in [5.74, 6) is -5.27. The predicted octanol–water partition coefficient (Wildman–Crippen LogP) is -17.0. The zero-order valence-corrected chi connectivity index (χ0v) is 55.4. The van der Waals surface area contributed by atoms with Gasteiger partial charge in [0.25, 0.3) is 11.8 Å². The van der Waals surface area contributed by atoms with E-state index >= 15 is 0 Å². The number of rotatable bonds is 12. The van der Waals surface area contributed by atoms with Crippen molar-refractivity contribution in [1.29, 1.82) is 0 Å². The first-order valence-corrected chi connectivity index (χ1v) is 25.8. The Hall–Kier alpha value is -0.890. The van der Waals surface area contributed by atoms with Crippen LogP contribution in [-0.4, -0.2) is 106 Å². The van der Waals surface area contributed by atoms with E-state index in [1.807, 2.05) is 21.3 Å². The molecule has 0 unspecified atom stereocenters. The first kappa shape index (κ1) is 73.1. The van der Waals surface area contributed by atoms with E-state index in [-0.39, 0.29) is 177 Å². The van der Waals surface area contributed by atoms with E-state index in [2.05, 4.69) is 0 Å². The van der Waals surface area contributed by atoms with Crippen LogP contribution in [0.25, 0.3) is 21.5 Å². The third kappa shape index (κ3) is 17.1. The molecule has 4 amide bonds. The molecule has 0 bridgehead atoms. The molecule has 0 heterocycles. The third-order valence-electron chi connectivity index (χ3n) is 9.17. The zero-order chi connectivity index (χ0) is 50.9. The van der Waals surface area contributed by atoms with Crippen molar-refractivity contribution in [2.75, 3.05) is 21.3 Å². The van der Waals surface area contributed by atoms with Crippen LogP contribution in [0.3, 0.4) is 0 Å². The summed E-state index contributed by atoms with van der Waals surface area (Å²) in [5.41, 5.74) is -4.28. The second-order valence-electron chi connectivity index (χ2n) is 13.6. The van der Waals surface area contributed by atoms with Crippen LogP contribution in [0.15, 0.2) is 114 Å². The Labute approximate surface area is 552 Å². The summed E-state index contributed by atoms with van der Waals surface area (Å²) in [4.78, 5) is 32.4. The van der Waals surface area contributed by atoms with E-state index in [9.17, 15) is 102 Å². The van der Waals surface area contributed by atoms with Gasteiger partial charge in [-0.25, -0.2) is 55.3 Å². The van der Waals surface area contributed by atoms with Gasteiger partial charge in [0.2, 0.25) is 0 Å². The second kappa shape index (κ2) is 27.0. The maximum Gasteiger partial charge on any atom is 1.00 e. The average molecular weight is 1190 g/mol. The Kier molecular flexibility index (Phi) is 26.7. The molecule has 0 spiro atoms. The van der Waals surface area contributed by atoms with Gasteiger partial charge >= 0.3 is 183 Å². The molecule has 39 heteroatoms. The fraction of sp³-hybridized carbons (Fsp3) is 0. The van der Waals surface area contributed by atoms with Crippen molar-refractivity contribution in [1.82, 2.24) is 0 Å². The third-order valence-corrected chi connectivity index (χ3v) is 14.3. The molecule has 6 rings (SSSR count). The van der Waals surface area contributed by atoms with E-state index in [4.69, 9.17) is 0 Å². The molecule has 27 nitrogen and oxygen atoms in total. The SMILES string of the molecule is O=C(Nc1ccc(C(=O)Nc2ccc(S(=O)(=O)[O-])c3cc(S(=O)(=O)[O-])cc(O)c23)c(S(=O)(=O)[O-])c1)Nc1ccc(C(=O)Nc2ccc(S(=O)(=O)[O-])c3cc(S(=O)(=O)[O-])cc(O)c23)c(S(=O)(=O)[O-])c1.[Na+].[Na+].[Na+].[Na+].[Na+].[Na+]. The van der Waals surface area contributed by atoms with Crippen LogP contribution in [0.5, 0.6) is 11.5 Å². The van der Waals surface area contributed by atoms with Crippen molar-refractivity contribution in [2.24, 2.45) is 0 Å². The van der Waals surface area contributed by atoms with Gasteiger partial charge in [-0.2, -0.15) is 0 Å². The maximum atomic E-state index is 13.4. The van der Waals surface area contributed by atoms with Crippen molar-refractivity contribution >= 4 is 123 Å². The monoisotopic (exact) mass is 1190 g/mol. The fourth-order valence-electron chi connectivity index (χ4n) is 6.42. The number of phenols is 2. The van der Waals surface area contributed by atoms with E-state index in [0.717, 1.165) is 12.1 Å². The molecule has 0 aliphatic rings. The summed E-state index contributed by atoms with van der Waals surface area (Å²) in [7, 11) is -33.0. The number of fused-ring (bicyclic) bond motifs is 2. The van der Waals surface area contributed by atoms with Gasteiger partial charge in [0.1, 0.15) is 72.2 Å². The number of hydrogen-bond acceptors (Lipinski definition) is 23. The number of urea groups is 1. The second-order valence-corrected chi connectivity index (χ2v) is 21.7.